The fourth-order valence-electron chi connectivity index (χ4n) is 2.22. The number of carbonyl (C=O) groups is 1. The van der Waals surface area contributed by atoms with Gasteiger partial charge in [-0.2, -0.15) is 0 Å². The van der Waals surface area contributed by atoms with Gasteiger partial charge in [-0.3, -0.25) is 0 Å². The average molecular weight is 311 g/mol. The lowest BCUT2D eigenvalue weighted by molar-refractivity contribution is -0.0376. The number of thiazole rings is 1. The molecule has 2 atom stereocenters. The number of amides is 2. The van der Waals surface area contributed by atoms with Crippen LogP contribution in [0.2, 0.25) is 0 Å². The summed E-state index contributed by atoms with van der Waals surface area (Å²) in [7, 11) is 0. The maximum absolute atomic E-state index is 12.3. The predicted molar refractivity (Wildman–Crippen MR) is 84.6 cm³/mol. The van der Waals surface area contributed by atoms with Gasteiger partial charge in [-0.05, 0) is 13.8 Å². The minimum absolute atomic E-state index is 0.0389. The summed E-state index contributed by atoms with van der Waals surface area (Å²) >= 11 is 1.65. The highest BCUT2D eigenvalue weighted by molar-refractivity contribution is 7.09. The van der Waals surface area contributed by atoms with Crippen LogP contribution >= 0.6 is 11.3 Å². The van der Waals surface area contributed by atoms with Crippen molar-refractivity contribution in [3.63, 3.8) is 0 Å². The van der Waals surface area contributed by atoms with Gasteiger partial charge in [0.25, 0.3) is 0 Å². The molecule has 1 fully saturated rings. The molecule has 0 bridgehead atoms. The summed E-state index contributed by atoms with van der Waals surface area (Å²) in [5, 5.41) is 6.08. The quantitative estimate of drug-likeness (QED) is 0.913. The molecule has 0 aromatic carbocycles. The van der Waals surface area contributed by atoms with Crippen molar-refractivity contribution in [2.45, 2.75) is 58.7 Å². The largest absolute Gasteiger partial charge is 0.375 e. The molecule has 118 valence electrons. The van der Waals surface area contributed by atoms with E-state index in [4.69, 9.17) is 4.74 Å². The Labute approximate surface area is 130 Å². The summed E-state index contributed by atoms with van der Waals surface area (Å²) < 4.78 is 5.54. The van der Waals surface area contributed by atoms with Crippen LogP contribution in [0.3, 0.4) is 0 Å². The molecular weight excluding hydrogens is 286 g/mol. The Hall–Kier alpha value is -1.14. The summed E-state index contributed by atoms with van der Waals surface area (Å²) in [6.07, 6.45) is 0.0799. The molecule has 2 rings (SSSR count). The topological polar surface area (TPSA) is 54.5 Å². The summed E-state index contributed by atoms with van der Waals surface area (Å²) in [6, 6.07) is 0.0577. The van der Waals surface area contributed by atoms with E-state index in [1.807, 2.05) is 24.1 Å². The zero-order valence-electron chi connectivity index (χ0n) is 13.5. The molecule has 1 aromatic rings. The SMILES string of the molecule is C[C@H]1OCCN(C(=O)NCc2csc(C(C)(C)C)n2)[C@H]1C. The molecule has 5 nitrogen and oxygen atoms in total. The predicted octanol–water partition coefficient (Wildman–Crippen LogP) is 2.76. The second-order valence-electron chi connectivity index (χ2n) is 6.56. The molecule has 0 aliphatic carbocycles. The number of hydrogen-bond acceptors (Lipinski definition) is 4. The van der Waals surface area contributed by atoms with E-state index in [2.05, 4.69) is 31.1 Å². The Kier molecular flexibility index (Phi) is 4.88. The number of aromatic nitrogens is 1. The second kappa shape index (κ2) is 6.32. The first kappa shape index (κ1) is 16.2. The zero-order chi connectivity index (χ0) is 15.6. The first-order valence-electron chi connectivity index (χ1n) is 7.40. The van der Waals surface area contributed by atoms with Crippen molar-refractivity contribution >= 4 is 17.4 Å². The van der Waals surface area contributed by atoms with Crippen LogP contribution in [0.25, 0.3) is 0 Å². The number of morpholine rings is 1. The van der Waals surface area contributed by atoms with Crippen molar-refractivity contribution in [3.05, 3.63) is 16.1 Å². The van der Waals surface area contributed by atoms with Gasteiger partial charge < -0.3 is 15.0 Å². The Balaban J connectivity index is 1.90. The molecule has 1 aliphatic rings. The van der Waals surface area contributed by atoms with Gasteiger partial charge in [-0.25, -0.2) is 9.78 Å². The van der Waals surface area contributed by atoms with E-state index < -0.39 is 0 Å². The highest BCUT2D eigenvalue weighted by Gasteiger charge is 2.29. The van der Waals surface area contributed by atoms with Crippen molar-refractivity contribution in [1.29, 1.82) is 0 Å². The van der Waals surface area contributed by atoms with Crippen molar-refractivity contribution in [1.82, 2.24) is 15.2 Å². The van der Waals surface area contributed by atoms with Gasteiger partial charge in [0.2, 0.25) is 0 Å². The first-order valence-corrected chi connectivity index (χ1v) is 8.28. The number of nitrogens with zero attached hydrogens (tertiary/aromatic N) is 2. The molecule has 1 saturated heterocycles. The lowest BCUT2D eigenvalue weighted by atomic mass is 9.98. The Morgan fingerprint density at radius 1 is 1.52 bits per heavy atom. The fourth-order valence-corrected chi connectivity index (χ4v) is 3.13. The zero-order valence-corrected chi connectivity index (χ0v) is 14.3. The third kappa shape index (κ3) is 3.95. The molecular formula is C15H25N3O2S. The van der Waals surface area contributed by atoms with E-state index in [9.17, 15) is 4.79 Å². The average Bonchev–Trinajstić information content (AvgIpc) is 2.88. The minimum atomic E-state index is -0.0389. The van der Waals surface area contributed by atoms with Crippen LogP contribution in [0.5, 0.6) is 0 Å². The van der Waals surface area contributed by atoms with E-state index in [-0.39, 0.29) is 23.6 Å². The molecule has 1 aromatic heterocycles. The van der Waals surface area contributed by atoms with E-state index in [0.29, 0.717) is 19.7 Å². The van der Waals surface area contributed by atoms with Crippen molar-refractivity contribution in [2.24, 2.45) is 0 Å². The molecule has 0 spiro atoms. The summed E-state index contributed by atoms with van der Waals surface area (Å²) in [6.45, 7) is 12.2. The maximum atomic E-state index is 12.3. The summed E-state index contributed by atoms with van der Waals surface area (Å²) in [4.78, 5) is 18.7. The van der Waals surface area contributed by atoms with Gasteiger partial charge in [0.05, 0.1) is 36.0 Å². The lowest BCUT2D eigenvalue weighted by Crippen LogP contribution is -2.54. The third-order valence-electron chi connectivity index (χ3n) is 3.76. The van der Waals surface area contributed by atoms with Gasteiger partial charge in [0.1, 0.15) is 0 Å². The van der Waals surface area contributed by atoms with Crippen molar-refractivity contribution in [2.75, 3.05) is 13.2 Å². The van der Waals surface area contributed by atoms with Crippen LogP contribution < -0.4 is 5.32 Å². The molecule has 0 radical (unpaired) electrons. The van der Waals surface area contributed by atoms with Crippen LogP contribution in [0.15, 0.2) is 5.38 Å². The summed E-state index contributed by atoms with van der Waals surface area (Å²) in [5.41, 5.74) is 0.980. The molecule has 2 heterocycles. The molecule has 21 heavy (non-hydrogen) atoms. The van der Waals surface area contributed by atoms with Crippen LogP contribution in [-0.4, -0.2) is 41.2 Å². The maximum Gasteiger partial charge on any atom is 0.318 e. The normalized spacial score (nSPS) is 23.2. The molecule has 1 N–H and O–H groups in total. The monoisotopic (exact) mass is 311 g/mol. The molecule has 6 heteroatoms. The van der Waals surface area contributed by atoms with Crippen LogP contribution in [0, 0.1) is 0 Å². The van der Waals surface area contributed by atoms with Gasteiger partial charge in [0.15, 0.2) is 0 Å². The highest BCUT2D eigenvalue weighted by Crippen LogP contribution is 2.25. The lowest BCUT2D eigenvalue weighted by Gasteiger charge is -2.37. The number of carbonyl (C=O) groups excluding carboxylic acids is 1. The molecule has 1 aliphatic heterocycles. The van der Waals surface area contributed by atoms with Crippen LogP contribution in [-0.2, 0) is 16.7 Å². The Bertz CT molecular complexity index is 495. The highest BCUT2D eigenvalue weighted by atomic mass is 32.1. The fraction of sp³-hybridized carbons (Fsp3) is 0.733. The van der Waals surface area contributed by atoms with E-state index >= 15 is 0 Å². The van der Waals surface area contributed by atoms with Crippen LogP contribution in [0.1, 0.15) is 45.3 Å². The molecule has 0 unspecified atom stereocenters. The number of ether oxygens (including phenoxy) is 1. The number of urea groups is 1. The van der Waals surface area contributed by atoms with Crippen LogP contribution in [0.4, 0.5) is 4.79 Å². The van der Waals surface area contributed by atoms with E-state index in [0.717, 1.165) is 10.7 Å². The Morgan fingerprint density at radius 3 is 2.86 bits per heavy atom. The number of hydrogen-bond donors (Lipinski definition) is 1. The molecule has 0 saturated carbocycles. The van der Waals surface area contributed by atoms with Crippen molar-refractivity contribution in [3.8, 4) is 0 Å². The second-order valence-corrected chi connectivity index (χ2v) is 7.42. The number of rotatable bonds is 2. The summed E-state index contributed by atoms with van der Waals surface area (Å²) in [5.74, 6) is 0. The Morgan fingerprint density at radius 2 is 2.24 bits per heavy atom. The van der Waals surface area contributed by atoms with Gasteiger partial charge in [-0.1, -0.05) is 20.8 Å². The van der Waals surface area contributed by atoms with Gasteiger partial charge in [-0.15, -0.1) is 11.3 Å². The minimum Gasteiger partial charge on any atom is -0.375 e. The van der Waals surface area contributed by atoms with Gasteiger partial charge in [0, 0.05) is 17.3 Å². The number of nitrogens with one attached hydrogen (secondary N) is 1. The standard InChI is InChI=1S/C15H25N3O2S/c1-10-11(2)20-7-6-18(10)14(19)16-8-12-9-21-13(17-12)15(3,4)5/h9-11H,6-8H2,1-5H3,(H,16,19)/t10-,11+/m0/s1. The van der Waals surface area contributed by atoms with E-state index in [1.54, 1.807) is 11.3 Å². The van der Waals surface area contributed by atoms with E-state index in [1.165, 1.54) is 0 Å². The smallest absolute Gasteiger partial charge is 0.318 e. The molecule has 2 amide bonds. The third-order valence-corrected chi connectivity index (χ3v) is 5.08. The van der Waals surface area contributed by atoms with Crippen molar-refractivity contribution < 1.29 is 9.53 Å². The van der Waals surface area contributed by atoms with Gasteiger partial charge >= 0.3 is 6.03 Å². The first-order chi connectivity index (χ1) is 9.79.